The third-order valence-electron chi connectivity index (χ3n) is 2.95. The zero-order chi connectivity index (χ0) is 15.1. The van der Waals surface area contributed by atoms with Gasteiger partial charge >= 0.3 is 12.1 Å². The second-order valence-corrected chi connectivity index (χ2v) is 4.40. The van der Waals surface area contributed by atoms with E-state index in [1.54, 1.807) is 13.0 Å². The van der Waals surface area contributed by atoms with Crippen molar-refractivity contribution in [2.45, 2.75) is 20.0 Å². The van der Waals surface area contributed by atoms with Crippen LogP contribution in [0.4, 0.5) is 13.2 Å². The molecule has 20 heavy (non-hydrogen) atoms. The van der Waals surface area contributed by atoms with Crippen LogP contribution in [0.3, 0.4) is 0 Å². The summed E-state index contributed by atoms with van der Waals surface area (Å²) in [6.07, 6.45) is -4.68. The first-order valence-electron chi connectivity index (χ1n) is 5.68. The maximum absolute atomic E-state index is 12.9. The first-order chi connectivity index (χ1) is 9.20. The van der Waals surface area contributed by atoms with E-state index in [0.717, 1.165) is 11.1 Å². The molecule has 0 bridgehead atoms. The lowest BCUT2D eigenvalue weighted by atomic mass is 10.1. The summed E-state index contributed by atoms with van der Waals surface area (Å²) < 4.78 is 39.4. The number of halogens is 3. The van der Waals surface area contributed by atoms with Gasteiger partial charge in [-0.15, -0.1) is 0 Å². The molecule has 0 atom stereocenters. The van der Waals surface area contributed by atoms with Gasteiger partial charge in [0.2, 0.25) is 0 Å². The predicted octanol–water partition coefficient (Wildman–Crippen LogP) is 3.21. The lowest BCUT2D eigenvalue weighted by molar-refractivity contribution is -0.142. The van der Waals surface area contributed by atoms with Gasteiger partial charge in [-0.2, -0.15) is 18.3 Å². The zero-order valence-electron chi connectivity index (χ0n) is 10.7. The van der Waals surface area contributed by atoms with Gasteiger partial charge in [-0.3, -0.25) is 0 Å². The van der Waals surface area contributed by atoms with Crippen molar-refractivity contribution in [3.05, 3.63) is 46.8 Å². The monoisotopic (exact) mass is 284 g/mol. The molecule has 0 aliphatic carbocycles. The molecule has 0 aliphatic rings. The molecule has 0 unspecified atom stereocenters. The molecule has 4 nitrogen and oxygen atoms in total. The Bertz CT molecular complexity index is 675. The highest BCUT2D eigenvalue weighted by atomic mass is 19.4. The fraction of sp³-hybridized carbons (Fsp3) is 0.231. The van der Waals surface area contributed by atoms with E-state index in [4.69, 9.17) is 5.11 Å². The third kappa shape index (κ3) is 2.52. The molecule has 0 amide bonds. The van der Waals surface area contributed by atoms with E-state index in [2.05, 4.69) is 5.10 Å². The van der Waals surface area contributed by atoms with Gasteiger partial charge < -0.3 is 5.11 Å². The minimum Gasteiger partial charge on any atom is -0.476 e. The molecule has 2 aromatic rings. The number of alkyl halides is 3. The first kappa shape index (κ1) is 14.1. The highest BCUT2D eigenvalue weighted by Crippen LogP contribution is 2.31. The number of nitrogens with zero attached hydrogens (tertiary/aromatic N) is 2. The van der Waals surface area contributed by atoms with Crippen LogP contribution in [0.15, 0.2) is 24.3 Å². The van der Waals surface area contributed by atoms with Crippen LogP contribution in [0.2, 0.25) is 0 Å². The lowest BCUT2D eigenvalue weighted by Crippen LogP contribution is -2.13. The van der Waals surface area contributed by atoms with Crippen LogP contribution in [0.25, 0.3) is 5.69 Å². The van der Waals surface area contributed by atoms with Crippen molar-refractivity contribution < 1.29 is 23.1 Å². The Labute approximate surface area is 112 Å². The molecule has 0 spiro atoms. The third-order valence-corrected chi connectivity index (χ3v) is 2.95. The van der Waals surface area contributed by atoms with E-state index in [1.165, 1.54) is 12.1 Å². The van der Waals surface area contributed by atoms with Gasteiger partial charge in [0.15, 0.2) is 5.69 Å². The maximum Gasteiger partial charge on any atom is 0.433 e. The van der Waals surface area contributed by atoms with E-state index < -0.39 is 23.5 Å². The molecule has 0 saturated heterocycles. The summed E-state index contributed by atoms with van der Waals surface area (Å²) in [5.74, 6) is -1.50. The number of hydrogen-bond acceptors (Lipinski definition) is 2. The average Bonchev–Trinajstić information content (AvgIpc) is 2.77. The van der Waals surface area contributed by atoms with Crippen molar-refractivity contribution in [2.75, 3.05) is 0 Å². The standard InChI is InChI=1S/C13H11F3N2O2/c1-7-3-4-9(5-8(7)2)18-11(13(14,15)16)6-10(17-18)12(19)20/h3-6H,1-2H3,(H,19,20). The average molecular weight is 284 g/mol. The number of aromatic nitrogens is 2. The summed E-state index contributed by atoms with van der Waals surface area (Å²) in [7, 11) is 0. The van der Waals surface area contributed by atoms with Crippen molar-refractivity contribution in [3.8, 4) is 5.69 Å². The van der Waals surface area contributed by atoms with Crippen molar-refractivity contribution >= 4 is 5.97 Å². The summed E-state index contributed by atoms with van der Waals surface area (Å²) in [5.41, 5.74) is 0.137. The fourth-order valence-electron chi connectivity index (χ4n) is 1.74. The van der Waals surface area contributed by atoms with E-state index in [1.807, 2.05) is 6.92 Å². The Morgan fingerprint density at radius 1 is 1.20 bits per heavy atom. The van der Waals surface area contributed by atoms with Crippen LogP contribution in [-0.4, -0.2) is 20.9 Å². The second-order valence-electron chi connectivity index (χ2n) is 4.40. The van der Waals surface area contributed by atoms with Crippen LogP contribution < -0.4 is 0 Å². The molecule has 0 radical (unpaired) electrons. The number of hydrogen-bond donors (Lipinski definition) is 1. The van der Waals surface area contributed by atoms with Crippen LogP contribution in [0, 0.1) is 13.8 Å². The van der Waals surface area contributed by atoms with Crippen LogP contribution in [-0.2, 0) is 6.18 Å². The normalized spacial score (nSPS) is 11.7. The van der Waals surface area contributed by atoms with Gasteiger partial charge in [0, 0.05) is 6.07 Å². The lowest BCUT2D eigenvalue weighted by Gasteiger charge is -2.11. The number of rotatable bonds is 2. The largest absolute Gasteiger partial charge is 0.476 e. The molecule has 7 heteroatoms. The molecule has 1 aromatic carbocycles. The molecule has 1 N–H and O–H groups in total. The van der Waals surface area contributed by atoms with Gasteiger partial charge in [0.25, 0.3) is 0 Å². The van der Waals surface area contributed by atoms with E-state index in [0.29, 0.717) is 10.7 Å². The number of aryl methyl sites for hydroxylation is 2. The predicted molar refractivity (Wildman–Crippen MR) is 65.0 cm³/mol. The number of benzene rings is 1. The number of carboxylic acid groups (broad SMARTS) is 1. The summed E-state index contributed by atoms with van der Waals surface area (Å²) >= 11 is 0. The molecular weight excluding hydrogens is 273 g/mol. The molecular formula is C13H11F3N2O2. The smallest absolute Gasteiger partial charge is 0.433 e. The Morgan fingerprint density at radius 3 is 2.35 bits per heavy atom. The van der Waals surface area contributed by atoms with Crippen LogP contribution >= 0.6 is 0 Å². The fourth-order valence-corrected chi connectivity index (χ4v) is 1.74. The number of carbonyl (C=O) groups is 1. The van der Waals surface area contributed by atoms with Gasteiger partial charge in [-0.05, 0) is 37.1 Å². The van der Waals surface area contributed by atoms with Crippen molar-refractivity contribution in [2.24, 2.45) is 0 Å². The number of carboxylic acids is 1. The number of aromatic carboxylic acids is 1. The van der Waals surface area contributed by atoms with Crippen molar-refractivity contribution in [1.29, 1.82) is 0 Å². The Morgan fingerprint density at radius 2 is 1.85 bits per heavy atom. The topological polar surface area (TPSA) is 55.1 Å². The Kier molecular flexibility index (Phi) is 3.29. The first-order valence-corrected chi connectivity index (χ1v) is 5.68. The molecule has 1 heterocycles. The van der Waals surface area contributed by atoms with Gasteiger partial charge in [-0.1, -0.05) is 6.07 Å². The summed E-state index contributed by atoms with van der Waals surface area (Å²) in [6, 6.07) is 5.18. The van der Waals surface area contributed by atoms with E-state index in [9.17, 15) is 18.0 Å². The molecule has 106 valence electrons. The highest BCUT2D eigenvalue weighted by molar-refractivity contribution is 5.85. The van der Waals surface area contributed by atoms with Gasteiger partial charge in [0.05, 0.1) is 5.69 Å². The summed E-state index contributed by atoms with van der Waals surface area (Å²) in [4.78, 5) is 10.8. The van der Waals surface area contributed by atoms with Crippen molar-refractivity contribution in [1.82, 2.24) is 9.78 Å². The van der Waals surface area contributed by atoms with E-state index >= 15 is 0 Å². The van der Waals surface area contributed by atoms with E-state index in [-0.39, 0.29) is 5.69 Å². The van der Waals surface area contributed by atoms with Crippen LogP contribution in [0.5, 0.6) is 0 Å². The molecule has 0 aliphatic heterocycles. The Balaban J connectivity index is 2.65. The van der Waals surface area contributed by atoms with Crippen molar-refractivity contribution in [3.63, 3.8) is 0 Å². The zero-order valence-corrected chi connectivity index (χ0v) is 10.7. The molecule has 0 saturated carbocycles. The Hall–Kier alpha value is -2.31. The molecule has 1 aromatic heterocycles. The summed E-state index contributed by atoms with van der Waals surface area (Å²) in [6.45, 7) is 3.59. The van der Waals surface area contributed by atoms with Gasteiger partial charge in [0.1, 0.15) is 5.69 Å². The summed E-state index contributed by atoms with van der Waals surface area (Å²) in [5, 5.41) is 12.3. The van der Waals surface area contributed by atoms with Crippen LogP contribution in [0.1, 0.15) is 27.3 Å². The maximum atomic E-state index is 12.9. The molecule has 2 rings (SSSR count). The molecule has 0 fully saturated rings. The minimum atomic E-state index is -4.68. The second kappa shape index (κ2) is 4.66. The minimum absolute atomic E-state index is 0.174. The van der Waals surface area contributed by atoms with Gasteiger partial charge in [-0.25, -0.2) is 9.48 Å². The quantitative estimate of drug-likeness (QED) is 0.921. The SMILES string of the molecule is Cc1ccc(-n2nc(C(=O)O)cc2C(F)(F)F)cc1C. The highest BCUT2D eigenvalue weighted by Gasteiger charge is 2.37.